The second-order valence-corrected chi connectivity index (χ2v) is 7.72. The molecule has 7 nitrogen and oxygen atoms in total. The van der Waals surface area contributed by atoms with Crippen molar-refractivity contribution in [2.45, 2.75) is 0 Å². The molecule has 10 heteroatoms. The van der Waals surface area contributed by atoms with Crippen LogP contribution >= 0.6 is 35.6 Å². The van der Waals surface area contributed by atoms with Gasteiger partial charge in [0.1, 0.15) is 10.9 Å². The van der Waals surface area contributed by atoms with E-state index < -0.39 is 10.8 Å². The Hall–Kier alpha value is -2.75. The number of thiocarbonyl (C=S) groups is 1. The van der Waals surface area contributed by atoms with Gasteiger partial charge in [0, 0.05) is 22.8 Å². The van der Waals surface area contributed by atoms with Crippen LogP contribution in [-0.2, 0) is 9.59 Å². The van der Waals surface area contributed by atoms with Gasteiger partial charge in [0.15, 0.2) is 0 Å². The molecule has 2 aromatic rings. The third-order valence-corrected chi connectivity index (χ3v) is 5.45. The second-order valence-electron chi connectivity index (χ2n) is 5.64. The van der Waals surface area contributed by atoms with E-state index in [1.54, 1.807) is 30.3 Å². The summed E-state index contributed by atoms with van der Waals surface area (Å²) in [6, 6.07) is 12.5. The fourth-order valence-corrected chi connectivity index (χ4v) is 3.82. The van der Waals surface area contributed by atoms with Crippen molar-refractivity contribution in [3.8, 4) is 0 Å². The summed E-state index contributed by atoms with van der Waals surface area (Å²) >= 11 is 12.4. The molecule has 1 heterocycles. The lowest BCUT2D eigenvalue weighted by Gasteiger charge is -2.14. The Morgan fingerprint density at radius 3 is 2.57 bits per heavy atom. The lowest BCUT2D eigenvalue weighted by Crippen LogP contribution is -2.36. The van der Waals surface area contributed by atoms with Crippen LogP contribution in [0.1, 0.15) is 5.56 Å². The number of non-ortho nitro benzene ring substituents is 1. The summed E-state index contributed by atoms with van der Waals surface area (Å²) in [5.41, 5.74) is 0.979. The molecule has 1 fully saturated rings. The van der Waals surface area contributed by atoms with Crippen LogP contribution in [0.3, 0.4) is 0 Å². The van der Waals surface area contributed by atoms with Crippen molar-refractivity contribution in [3.63, 3.8) is 0 Å². The van der Waals surface area contributed by atoms with Gasteiger partial charge in [-0.3, -0.25) is 24.6 Å². The maximum absolute atomic E-state index is 12.6. The van der Waals surface area contributed by atoms with E-state index in [9.17, 15) is 19.7 Å². The van der Waals surface area contributed by atoms with Gasteiger partial charge in [-0.15, -0.1) is 0 Å². The molecule has 0 saturated carbocycles. The van der Waals surface area contributed by atoms with Crippen LogP contribution in [0.2, 0.25) is 5.02 Å². The van der Waals surface area contributed by atoms with Gasteiger partial charge in [-0.1, -0.05) is 53.8 Å². The fourth-order valence-electron chi connectivity index (χ4n) is 2.38. The molecule has 1 aliphatic rings. The Kier molecular flexibility index (Phi) is 6.08. The third kappa shape index (κ3) is 4.56. The molecule has 0 aromatic heterocycles. The lowest BCUT2D eigenvalue weighted by molar-refractivity contribution is -0.384. The van der Waals surface area contributed by atoms with Crippen LogP contribution in [0.5, 0.6) is 0 Å². The zero-order chi connectivity index (χ0) is 20.3. The first-order chi connectivity index (χ1) is 13.3. The van der Waals surface area contributed by atoms with Gasteiger partial charge < -0.3 is 5.32 Å². The molecule has 2 amide bonds. The van der Waals surface area contributed by atoms with Crippen molar-refractivity contribution in [1.82, 2.24) is 4.90 Å². The van der Waals surface area contributed by atoms with E-state index >= 15 is 0 Å². The van der Waals surface area contributed by atoms with Gasteiger partial charge in [-0.25, -0.2) is 0 Å². The number of carbonyl (C=O) groups excluding carboxylic acids is 2. The Morgan fingerprint density at radius 1 is 1.25 bits per heavy atom. The van der Waals surface area contributed by atoms with Crippen molar-refractivity contribution in [2.24, 2.45) is 0 Å². The highest BCUT2D eigenvalue weighted by atomic mass is 35.5. The molecule has 0 spiro atoms. The molecule has 0 bridgehead atoms. The van der Waals surface area contributed by atoms with Crippen LogP contribution in [0.25, 0.3) is 6.08 Å². The van der Waals surface area contributed by atoms with Gasteiger partial charge in [-0.05, 0) is 29.8 Å². The number of nitro benzene ring substituents is 1. The summed E-state index contributed by atoms with van der Waals surface area (Å²) in [6.45, 7) is -0.262. The largest absolute Gasteiger partial charge is 0.325 e. The van der Waals surface area contributed by atoms with Crippen LogP contribution in [0, 0.1) is 10.1 Å². The standard InChI is InChI=1S/C18H12ClN3O4S2/c19-14-4-2-1-3-11(14)9-15-17(24)21(18(27)28-15)10-16(23)20-12-5-7-13(8-6-12)22(25)26/h1-9H,10H2,(H,20,23). The Balaban J connectivity index is 1.68. The van der Waals surface area contributed by atoms with E-state index in [4.69, 9.17) is 23.8 Å². The number of rotatable bonds is 5. The van der Waals surface area contributed by atoms with Crippen molar-refractivity contribution in [3.05, 3.63) is 74.1 Å². The third-order valence-electron chi connectivity index (χ3n) is 3.73. The van der Waals surface area contributed by atoms with Gasteiger partial charge >= 0.3 is 0 Å². The van der Waals surface area contributed by atoms with Gasteiger partial charge in [0.25, 0.3) is 11.6 Å². The smallest absolute Gasteiger partial charge is 0.269 e. The molecule has 0 unspecified atom stereocenters. The number of carbonyl (C=O) groups is 2. The first kappa shape index (κ1) is 20.0. The molecule has 1 saturated heterocycles. The molecule has 142 valence electrons. The van der Waals surface area contributed by atoms with E-state index in [0.717, 1.165) is 11.8 Å². The predicted octanol–water partition coefficient (Wildman–Crippen LogP) is 4.09. The SMILES string of the molecule is O=C(CN1C(=O)C(=Cc2ccccc2Cl)SC1=S)Nc1ccc([N+](=O)[O-])cc1. The quantitative estimate of drug-likeness (QED) is 0.330. The number of amides is 2. The van der Waals surface area contributed by atoms with Crippen molar-refractivity contribution in [1.29, 1.82) is 0 Å². The number of hydrogen-bond donors (Lipinski definition) is 1. The maximum Gasteiger partial charge on any atom is 0.269 e. The van der Waals surface area contributed by atoms with Crippen molar-refractivity contribution >= 4 is 69.2 Å². The first-order valence-electron chi connectivity index (χ1n) is 7.89. The molecule has 1 aliphatic heterocycles. The fraction of sp³-hybridized carbons (Fsp3) is 0.0556. The predicted molar refractivity (Wildman–Crippen MR) is 113 cm³/mol. The summed E-state index contributed by atoms with van der Waals surface area (Å²) < 4.78 is 0.266. The molecular formula is C18H12ClN3O4S2. The van der Waals surface area contributed by atoms with Gasteiger partial charge in [0.2, 0.25) is 5.91 Å². The number of nitro groups is 1. The number of thioether (sulfide) groups is 1. The number of halogens is 1. The molecule has 0 aliphatic carbocycles. The molecule has 28 heavy (non-hydrogen) atoms. The average molecular weight is 434 g/mol. The molecule has 3 rings (SSSR count). The highest BCUT2D eigenvalue weighted by Crippen LogP contribution is 2.33. The van der Waals surface area contributed by atoms with E-state index in [1.807, 2.05) is 0 Å². The minimum absolute atomic E-state index is 0.0837. The first-order valence-corrected chi connectivity index (χ1v) is 9.49. The van der Waals surface area contributed by atoms with Crippen LogP contribution in [0.4, 0.5) is 11.4 Å². The lowest BCUT2D eigenvalue weighted by atomic mass is 10.2. The average Bonchev–Trinajstić information content (AvgIpc) is 2.91. The summed E-state index contributed by atoms with van der Waals surface area (Å²) in [5, 5.41) is 13.8. The van der Waals surface area contributed by atoms with E-state index in [1.165, 1.54) is 29.2 Å². The van der Waals surface area contributed by atoms with Crippen LogP contribution in [0.15, 0.2) is 53.4 Å². The van der Waals surface area contributed by atoms with E-state index in [0.29, 0.717) is 21.2 Å². The van der Waals surface area contributed by atoms with Crippen LogP contribution in [-0.4, -0.2) is 32.5 Å². The Morgan fingerprint density at radius 2 is 1.93 bits per heavy atom. The Labute approximate surface area is 174 Å². The van der Waals surface area contributed by atoms with E-state index in [-0.39, 0.29) is 22.5 Å². The normalized spacial score (nSPS) is 15.2. The van der Waals surface area contributed by atoms with Crippen molar-refractivity contribution in [2.75, 3.05) is 11.9 Å². The van der Waals surface area contributed by atoms with Crippen LogP contribution < -0.4 is 5.32 Å². The van der Waals surface area contributed by atoms with Gasteiger partial charge in [-0.2, -0.15) is 0 Å². The number of anilines is 1. The summed E-state index contributed by atoms with van der Waals surface area (Å²) in [4.78, 5) is 36.5. The summed E-state index contributed by atoms with van der Waals surface area (Å²) in [5.74, 6) is -0.849. The number of hydrogen-bond acceptors (Lipinski definition) is 6. The molecular weight excluding hydrogens is 422 g/mol. The molecule has 1 N–H and O–H groups in total. The summed E-state index contributed by atoms with van der Waals surface area (Å²) in [6.07, 6.45) is 1.63. The molecule has 2 aromatic carbocycles. The highest BCUT2D eigenvalue weighted by Gasteiger charge is 2.33. The second kappa shape index (κ2) is 8.51. The minimum Gasteiger partial charge on any atom is -0.325 e. The van der Waals surface area contributed by atoms with Gasteiger partial charge in [0.05, 0.1) is 9.83 Å². The van der Waals surface area contributed by atoms with E-state index in [2.05, 4.69) is 5.32 Å². The zero-order valence-corrected chi connectivity index (χ0v) is 16.5. The monoisotopic (exact) mass is 433 g/mol. The highest BCUT2D eigenvalue weighted by molar-refractivity contribution is 8.26. The number of nitrogens with zero attached hydrogens (tertiary/aromatic N) is 2. The maximum atomic E-state index is 12.6. The summed E-state index contributed by atoms with van der Waals surface area (Å²) in [7, 11) is 0. The zero-order valence-electron chi connectivity index (χ0n) is 14.1. The Bertz CT molecular complexity index is 1010. The topological polar surface area (TPSA) is 92.6 Å². The minimum atomic E-state index is -0.531. The number of nitrogens with one attached hydrogen (secondary N) is 1. The number of benzene rings is 2. The molecule has 0 atom stereocenters. The molecule has 0 radical (unpaired) electrons. The van der Waals surface area contributed by atoms with Crippen molar-refractivity contribution < 1.29 is 14.5 Å².